The van der Waals surface area contributed by atoms with Gasteiger partial charge in [-0.15, -0.1) is 0 Å². The minimum atomic E-state index is -4.85. The van der Waals surface area contributed by atoms with Gasteiger partial charge in [0.2, 0.25) is 0 Å². The van der Waals surface area contributed by atoms with Gasteiger partial charge in [0, 0.05) is 31.3 Å². The Morgan fingerprint density at radius 2 is 1.71 bits per heavy atom. The topological polar surface area (TPSA) is 99.7 Å². The average Bonchev–Trinajstić information content (AvgIpc) is 3.52. The molecule has 0 saturated carbocycles. The molecule has 3 aromatic carbocycles. The molecule has 13 heteroatoms. The Labute approximate surface area is 261 Å². The maximum Gasteiger partial charge on any atom is 0.436 e. The molecule has 0 aliphatic carbocycles. The van der Waals surface area contributed by atoms with Gasteiger partial charge in [-0.1, -0.05) is 17.7 Å². The van der Waals surface area contributed by atoms with E-state index in [4.69, 9.17) is 25.5 Å². The first-order chi connectivity index (χ1) is 21.1. The lowest BCUT2D eigenvalue weighted by atomic mass is 10.1. The number of hydrogen-bond acceptors (Lipinski definition) is 7. The number of carbonyl (C=O) groups is 2. The summed E-state index contributed by atoms with van der Waals surface area (Å²) in [4.78, 5) is 31.4. The Kier molecular flexibility index (Phi) is 8.37. The molecule has 0 atom stereocenters. The van der Waals surface area contributed by atoms with Crippen LogP contribution in [0.4, 0.5) is 18.9 Å². The van der Waals surface area contributed by atoms with E-state index in [0.717, 1.165) is 4.68 Å². The molecule has 0 bridgehead atoms. The van der Waals surface area contributed by atoms with Crippen molar-refractivity contribution in [1.82, 2.24) is 14.8 Å². The van der Waals surface area contributed by atoms with Crippen LogP contribution in [0.2, 0.25) is 5.02 Å². The predicted molar refractivity (Wildman–Crippen MR) is 161 cm³/mol. The Bertz CT molecular complexity index is 1890. The molecule has 0 aliphatic heterocycles. The van der Waals surface area contributed by atoms with Crippen LogP contribution >= 0.6 is 11.6 Å². The van der Waals surface area contributed by atoms with Gasteiger partial charge in [0.1, 0.15) is 29.2 Å². The molecule has 2 aromatic heterocycles. The molecule has 0 fully saturated rings. The van der Waals surface area contributed by atoms with Crippen LogP contribution < -0.4 is 9.64 Å². The second-order valence-corrected chi connectivity index (χ2v) is 11.5. The predicted octanol–water partition coefficient (Wildman–Crippen LogP) is 7.81. The fourth-order valence-electron chi connectivity index (χ4n) is 4.45. The van der Waals surface area contributed by atoms with E-state index in [0.29, 0.717) is 22.7 Å². The number of oxazole rings is 1. The lowest BCUT2D eigenvalue weighted by molar-refractivity contribution is -0.141. The number of amides is 1. The van der Waals surface area contributed by atoms with Crippen LogP contribution in [-0.4, -0.2) is 39.3 Å². The summed E-state index contributed by atoms with van der Waals surface area (Å²) in [6.07, 6.45) is -4.85. The smallest absolute Gasteiger partial charge is 0.436 e. The summed E-state index contributed by atoms with van der Waals surface area (Å²) in [5.74, 6) is -0.204. The van der Waals surface area contributed by atoms with Gasteiger partial charge in [-0.25, -0.2) is 14.5 Å². The number of ether oxygens (including phenoxy) is 2. The molecule has 9 nitrogen and oxygen atoms in total. The number of anilines is 1. The molecule has 0 unspecified atom stereocenters. The van der Waals surface area contributed by atoms with Crippen LogP contribution in [0.15, 0.2) is 71.1 Å². The number of fused-ring (bicyclic) bond motifs is 1. The second kappa shape index (κ2) is 11.9. The standard InChI is InChI=1S/C32H28ClF3N4O5/c1-18-37-24-14-11-21(16-26(24)44-18)39(5)29(41)20-7-6-8-22(15-20)40-25(27(33)28(38-40)32(34,35)36)17-43-23-12-9-19(10-13-23)30(42)45-31(2,3)4/h6-16H,17H2,1-5H3. The summed E-state index contributed by atoms with van der Waals surface area (Å²) in [5, 5.41) is 3.11. The lowest BCUT2D eigenvalue weighted by Crippen LogP contribution is -2.26. The van der Waals surface area contributed by atoms with Crippen molar-refractivity contribution in [1.29, 1.82) is 0 Å². The van der Waals surface area contributed by atoms with Crippen LogP contribution in [0.3, 0.4) is 0 Å². The number of hydrogen-bond donors (Lipinski definition) is 0. The molecule has 5 rings (SSSR count). The highest BCUT2D eigenvalue weighted by Crippen LogP contribution is 2.37. The highest BCUT2D eigenvalue weighted by Gasteiger charge is 2.39. The summed E-state index contributed by atoms with van der Waals surface area (Å²) in [6.45, 7) is 6.55. The fraction of sp³-hybridized carbons (Fsp3) is 0.250. The number of alkyl halides is 3. The number of halogens is 4. The Hall–Kier alpha value is -4.84. The molecule has 0 radical (unpaired) electrons. The second-order valence-electron chi connectivity index (χ2n) is 11.1. The van der Waals surface area contributed by atoms with Crippen LogP contribution in [-0.2, 0) is 17.5 Å². The number of benzene rings is 3. The van der Waals surface area contributed by atoms with E-state index in [-0.39, 0.29) is 28.3 Å². The van der Waals surface area contributed by atoms with Crippen molar-refractivity contribution < 1.29 is 36.7 Å². The van der Waals surface area contributed by atoms with Crippen molar-refractivity contribution in [3.05, 3.63) is 100 Å². The first-order valence-electron chi connectivity index (χ1n) is 13.7. The molecule has 0 saturated heterocycles. The van der Waals surface area contributed by atoms with Gasteiger partial charge in [0.15, 0.2) is 17.2 Å². The number of nitrogens with zero attached hydrogens (tertiary/aromatic N) is 4. The van der Waals surface area contributed by atoms with Gasteiger partial charge in [-0.05, 0) is 75.4 Å². The van der Waals surface area contributed by atoms with Gasteiger partial charge in [-0.2, -0.15) is 18.3 Å². The van der Waals surface area contributed by atoms with Crippen LogP contribution in [0, 0.1) is 6.92 Å². The third-order valence-electron chi connectivity index (χ3n) is 6.56. The number of rotatable bonds is 7. The van der Waals surface area contributed by atoms with Crippen molar-refractivity contribution in [2.75, 3.05) is 11.9 Å². The highest BCUT2D eigenvalue weighted by atomic mass is 35.5. The molecule has 0 N–H and O–H groups in total. The van der Waals surface area contributed by atoms with E-state index in [9.17, 15) is 22.8 Å². The number of aromatic nitrogens is 3. The summed E-state index contributed by atoms with van der Waals surface area (Å²) in [5.41, 5.74) is 0.235. The molecular weight excluding hydrogens is 613 g/mol. The zero-order chi connectivity index (χ0) is 32.7. The SMILES string of the molecule is Cc1nc2ccc(N(C)C(=O)c3cccc(-n4nc(C(F)(F)F)c(Cl)c4COc4ccc(C(=O)OC(C)(C)C)cc4)c3)cc2o1. The average molecular weight is 641 g/mol. The first-order valence-corrected chi connectivity index (χ1v) is 14.0. The minimum Gasteiger partial charge on any atom is -0.487 e. The quantitative estimate of drug-likeness (QED) is 0.167. The summed E-state index contributed by atoms with van der Waals surface area (Å²) >= 11 is 6.21. The minimum absolute atomic E-state index is 0.0932. The Balaban J connectivity index is 1.42. The van der Waals surface area contributed by atoms with Gasteiger partial charge in [0.25, 0.3) is 5.91 Å². The van der Waals surface area contributed by atoms with Crippen LogP contribution in [0.1, 0.15) is 58.8 Å². The van der Waals surface area contributed by atoms with Gasteiger partial charge in [-0.3, -0.25) is 4.79 Å². The van der Waals surface area contributed by atoms with Crippen molar-refractivity contribution in [2.45, 2.75) is 46.1 Å². The van der Waals surface area contributed by atoms with E-state index >= 15 is 0 Å². The zero-order valence-electron chi connectivity index (χ0n) is 24.9. The molecule has 0 aliphatic rings. The largest absolute Gasteiger partial charge is 0.487 e. The Morgan fingerprint density at radius 1 is 1.00 bits per heavy atom. The van der Waals surface area contributed by atoms with E-state index in [2.05, 4.69) is 10.1 Å². The van der Waals surface area contributed by atoms with Crippen molar-refractivity contribution in [2.24, 2.45) is 0 Å². The van der Waals surface area contributed by atoms with Crippen molar-refractivity contribution in [3.8, 4) is 11.4 Å². The number of carbonyl (C=O) groups excluding carboxylic acids is 2. The number of aryl methyl sites for hydroxylation is 1. The molecule has 234 valence electrons. The fourth-order valence-corrected chi connectivity index (χ4v) is 4.73. The first kappa shape index (κ1) is 31.6. The van der Waals surface area contributed by atoms with Crippen molar-refractivity contribution in [3.63, 3.8) is 0 Å². The lowest BCUT2D eigenvalue weighted by Gasteiger charge is -2.19. The van der Waals surface area contributed by atoms with Crippen molar-refractivity contribution >= 4 is 40.3 Å². The Morgan fingerprint density at radius 3 is 2.38 bits per heavy atom. The third kappa shape index (κ3) is 6.96. The van der Waals surface area contributed by atoms with E-state index < -0.39 is 41.0 Å². The normalized spacial score (nSPS) is 11.9. The molecule has 2 heterocycles. The molecule has 0 spiro atoms. The summed E-state index contributed by atoms with van der Waals surface area (Å²) in [6, 6.07) is 17.0. The van der Waals surface area contributed by atoms with E-state index in [1.54, 1.807) is 52.9 Å². The monoisotopic (exact) mass is 640 g/mol. The van der Waals surface area contributed by atoms with Gasteiger partial charge < -0.3 is 18.8 Å². The van der Waals surface area contributed by atoms with Crippen LogP contribution in [0.25, 0.3) is 16.8 Å². The zero-order valence-corrected chi connectivity index (χ0v) is 25.7. The molecule has 1 amide bonds. The maximum absolute atomic E-state index is 13.9. The molecule has 45 heavy (non-hydrogen) atoms. The summed E-state index contributed by atoms with van der Waals surface area (Å²) in [7, 11) is 1.57. The van der Waals surface area contributed by atoms with Crippen LogP contribution in [0.5, 0.6) is 5.75 Å². The molecular formula is C32H28ClF3N4O5. The van der Waals surface area contributed by atoms with E-state index in [1.807, 2.05) is 0 Å². The molecule has 5 aromatic rings. The highest BCUT2D eigenvalue weighted by molar-refractivity contribution is 6.32. The number of esters is 1. The summed E-state index contributed by atoms with van der Waals surface area (Å²) < 4.78 is 59.2. The maximum atomic E-state index is 13.9. The van der Waals surface area contributed by atoms with Gasteiger partial charge in [0.05, 0.1) is 16.3 Å². The third-order valence-corrected chi connectivity index (χ3v) is 6.96. The van der Waals surface area contributed by atoms with E-state index in [1.165, 1.54) is 53.4 Å². The van der Waals surface area contributed by atoms with Gasteiger partial charge >= 0.3 is 12.1 Å².